The Bertz CT molecular complexity index is 895. The van der Waals surface area contributed by atoms with Gasteiger partial charge in [0.25, 0.3) is 0 Å². The number of rotatable bonds is 2. The van der Waals surface area contributed by atoms with Crippen LogP contribution in [0.15, 0.2) is 77.8 Å². The molecule has 0 amide bonds. The quantitative estimate of drug-likeness (QED) is 0.607. The van der Waals surface area contributed by atoms with Gasteiger partial charge in [0.2, 0.25) is 0 Å². The molecule has 0 saturated heterocycles. The number of anilines is 2. The van der Waals surface area contributed by atoms with Crippen LogP contribution in [0.3, 0.4) is 0 Å². The lowest BCUT2D eigenvalue weighted by molar-refractivity contribution is 1.22. The van der Waals surface area contributed by atoms with Crippen molar-refractivity contribution >= 4 is 22.9 Å². The Morgan fingerprint density at radius 1 is 0.783 bits per heavy atom. The van der Waals surface area contributed by atoms with Crippen molar-refractivity contribution in [3.8, 4) is 0 Å². The molecule has 0 bridgehead atoms. The Morgan fingerprint density at radius 2 is 1.52 bits per heavy atom. The van der Waals surface area contributed by atoms with Gasteiger partial charge >= 0.3 is 0 Å². The zero-order chi connectivity index (χ0) is 15.8. The second-order valence-electron chi connectivity index (χ2n) is 5.91. The molecule has 1 heterocycles. The van der Waals surface area contributed by atoms with Gasteiger partial charge in [-0.3, -0.25) is 4.90 Å². The molecule has 4 rings (SSSR count). The Kier molecular flexibility index (Phi) is 3.23. The molecule has 3 aromatic rings. The average Bonchev–Trinajstić information content (AvgIpc) is 2.56. The number of hydrogen-bond donors (Lipinski definition) is 0. The predicted molar refractivity (Wildman–Crippen MR) is 97.1 cm³/mol. The Morgan fingerprint density at radius 3 is 2.30 bits per heavy atom. The van der Waals surface area contributed by atoms with Crippen molar-refractivity contribution in [1.82, 2.24) is 0 Å². The second-order valence-corrected chi connectivity index (χ2v) is 5.91. The van der Waals surface area contributed by atoms with Gasteiger partial charge in [-0.15, -0.1) is 0 Å². The summed E-state index contributed by atoms with van der Waals surface area (Å²) < 4.78 is 0. The van der Waals surface area contributed by atoms with Crippen molar-refractivity contribution in [3.63, 3.8) is 0 Å². The number of nitrogens with zero attached hydrogens (tertiary/aromatic N) is 2. The molecule has 0 aromatic heterocycles. The van der Waals surface area contributed by atoms with Gasteiger partial charge in [-0.25, -0.2) is 4.99 Å². The summed E-state index contributed by atoms with van der Waals surface area (Å²) in [6.07, 6.45) is 0. The van der Waals surface area contributed by atoms with Gasteiger partial charge in [0.1, 0.15) is 5.84 Å². The fraction of sp³-hybridized carbons (Fsp3) is 0.0952. The molecule has 23 heavy (non-hydrogen) atoms. The largest absolute Gasteiger partial charge is 0.294 e. The molecule has 0 N–H and O–H groups in total. The maximum absolute atomic E-state index is 4.94. The van der Waals surface area contributed by atoms with Crippen LogP contribution in [0.1, 0.15) is 16.7 Å². The van der Waals surface area contributed by atoms with Crippen molar-refractivity contribution in [2.45, 2.75) is 13.8 Å². The first-order valence-electron chi connectivity index (χ1n) is 7.84. The van der Waals surface area contributed by atoms with Crippen molar-refractivity contribution in [2.24, 2.45) is 4.99 Å². The van der Waals surface area contributed by atoms with Crippen LogP contribution < -0.4 is 4.90 Å². The highest BCUT2D eigenvalue weighted by Gasteiger charge is 2.32. The molecule has 1 aliphatic rings. The summed E-state index contributed by atoms with van der Waals surface area (Å²) in [5.74, 6) is 1.01. The molecule has 2 heteroatoms. The summed E-state index contributed by atoms with van der Waals surface area (Å²) in [6, 6.07) is 25.2. The van der Waals surface area contributed by atoms with E-state index in [2.05, 4.69) is 73.3 Å². The number of hydrogen-bond acceptors (Lipinski definition) is 1. The first kappa shape index (κ1) is 13.8. The molecular formula is C21H18N2. The first-order chi connectivity index (χ1) is 11.2. The minimum Gasteiger partial charge on any atom is -0.294 e. The normalized spacial score (nSPS) is 14.5. The first-order valence-corrected chi connectivity index (χ1v) is 7.84. The maximum atomic E-state index is 4.94. The van der Waals surface area contributed by atoms with Gasteiger partial charge in [-0.05, 0) is 55.3 Å². The Hall–Kier alpha value is -2.87. The number of aryl methyl sites for hydroxylation is 2. The number of para-hydroxylation sites is 2. The fourth-order valence-electron chi connectivity index (χ4n) is 2.95. The van der Waals surface area contributed by atoms with E-state index in [4.69, 9.17) is 4.99 Å². The summed E-state index contributed by atoms with van der Waals surface area (Å²) in [7, 11) is 0. The molecule has 0 atom stereocenters. The molecule has 1 aliphatic heterocycles. The molecule has 0 saturated carbocycles. The number of benzene rings is 3. The highest BCUT2D eigenvalue weighted by Crippen LogP contribution is 2.41. The lowest BCUT2D eigenvalue weighted by Gasteiger charge is -2.37. The van der Waals surface area contributed by atoms with Crippen LogP contribution in [0.2, 0.25) is 0 Å². The summed E-state index contributed by atoms with van der Waals surface area (Å²) >= 11 is 0. The van der Waals surface area contributed by atoms with Gasteiger partial charge in [0, 0.05) is 11.3 Å². The van der Waals surface area contributed by atoms with Crippen LogP contribution in [-0.2, 0) is 0 Å². The third kappa shape index (κ3) is 2.33. The number of aliphatic imine (C=N–C) groups is 1. The van der Waals surface area contributed by atoms with E-state index in [1.54, 1.807) is 0 Å². The zero-order valence-corrected chi connectivity index (χ0v) is 13.3. The lowest BCUT2D eigenvalue weighted by Crippen LogP contribution is -2.37. The summed E-state index contributed by atoms with van der Waals surface area (Å²) in [5, 5.41) is 0. The number of amidine groups is 1. The van der Waals surface area contributed by atoms with Crippen molar-refractivity contribution in [3.05, 3.63) is 89.5 Å². The van der Waals surface area contributed by atoms with E-state index < -0.39 is 0 Å². The standard InChI is InChI=1S/C21H18N2/c1-15-12-13-18-20(14-15)23(17-9-4-3-5-10-17)21(18)22-19-11-7-6-8-16(19)2/h3-14H,1-2H3/b22-21-. The van der Waals surface area contributed by atoms with Crippen LogP contribution >= 0.6 is 0 Å². The zero-order valence-electron chi connectivity index (χ0n) is 13.3. The Balaban J connectivity index is 1.87. The minimum absolute atomic E-state index is 1.01. The number of fused-ring (bicyclic) bond motifs is 1. The van der Waals surface area contributed by atoms with E-state index in [-0.39, 0.29) is 0 Å². The van der Waals surface area contributed by atoms with Gasteiger partial charge < -0.3 is 0 Å². The molecule has 2 nitrogen and oxygen atoms in total. The van der Waals surface area contributed by atoms with Gasteiger partial charge in [0.05, 0.1) is 11.4 Å². The van der Waals surface area contributed by atoms with E-state index in [1.165, 1.54) is 22.4 Å². The Labute approximate surface area is 136 Å². The smallest absolute Gasteiger partial charge is 0.147 e. The van der Waals surface area contributed by atoms with Crippen LogP contribution in [0.5, 0.6) is 0 Å². The lowest BCUT2D eigenvalue weighted by atomic mass is 9.98. The fourth-order valence-corrected chi connectivity index (χ4v) is 2.95. The van der Waals surface area contributed by atoms with Gasteiger partial charge in [-0.2, -0.15) is 0 Å². The maximum Gasteiger partial charge on any atom is 0.147 e. The van der Waals surface area contributed by atoms with E-state index in [9.17, 15) is 0 Å². The third-order valence-electron chi connectivity index (χ3n) is 4.20. The minimum atomic E-state index is 1.01. The van der Waals surface area contributed by atoms with E-state index >= 15 is 0 Å². The summed E-state index contributed by atoms with van der Waals surface area (Å²) in [5.41, 5.74) is 7.06. The van der Waals surface area contributed by atoms with Crippen LogP contribution in [0.25, 0.3) is 0 Å². The average molecular weight is 298 g/mol. The topological polar surface area (TPSA) is 15.6 Å². The third-order valence-corrected chi connectivity index (χ3v) is 4.20. The molecule has 0 fully saturated rings. The molecule has 0 spiro atoms. The van der Waals surface area contributed by atoms with Crippen molar-refractivity contribution in [1.29, 1.82) is 0 Å². The van der Waals surface area contributed by atoms with Crippen molar-refractivity contribution in [2.75, 3.05) is 4.90 Å². The molecule has 112 valence electrons. The van der Waals surface area contributed by atoms with Crippen LogP contribution in [0, 0.1) is 13.8 Å². The molecule has 0 unspecified atom stereocenters. The summed E-state index contributed by atoms with van der Waals surface area (Å²) in [6.45, 7) is 4.22. The van der Waals surface area contributed by atoms with E-state index in [0.29, 0.717) is 0 Å². The van der Waals surface area contributed by atoms with E-state index in [1.807, 2.05) is 18.2 Å². The van der Waals surface area contributed by atoms with Crippen LogP contribution in [0.4, 0.5) is 17.1 Å². The van der Waals surface area contributed by atoms with Gasteiger partial charge in [-0.1, -0.05) is 42.5 Å². The molecule has 0 aliphatic carbocycles. The van der Waals surface area contributed by atoms with Crippen molar-refractivity contribution < 1.29 is 0 Å². The summed E-state index contributed by atoms with van der Waals surface area (Å²) in [4.78, 5) is 7.17. The molecule has 3 aromatic carbocycles. The highest BCUT2D eigenvalue weighted by atomic mass is 15.3. The van der Waals surface area contributed by atoms with Crippen LogP contribution in [-0.4, -0.2) is 5.84 Å². The van der Waals surface area contributed by atoms with E-state index in [0.717, 1.165) is 17.2 Å². The molecule has 0 radical (unpaired) electrons. The second kappa shape index (κ2) is 5.40. The SMILES string of the molecule is Cc1ccc2c(c1)N(c1ccccc1)/C2=N\c1ccccc1C. The highest BCUT2D eigenvalue weighted by molar-refractivity contribution is 6.27. The monoisotopic (exact) mass is 298 g/mol. The predicted octanol–water partition coefficient (Wildman–Crippen LogP) is 5.53. The molecular weight excluding hydrogens is 280 g/mol. The van der Waals surface area contributed by atoms with Gasteiger partial charge in [0.15, 0.2) is 0 Å².